The lowest BCUT2D eigenvalue weighted by atomic mass is 9.94. The highest BCUT2D eigenvalue weighted by Gasteiger charge is 2.26. The number of sulfonamides is 1. The van der Waals surface area contributed by atoms with Gasteiger partial charge in [-0.1, -0.05) is 12.5 Å². The van der Waals surface area contributed by atoms with E-state index in [1.807, 2.05) is 19.9 Å². The molecule has 1 aromatic rings. The minimum atomic E-state index is -3.41. The maximum Gasteiger partial charge on any atom is 0.241 e. The van der Waals surface area contributed by atoms with Gasteiger partial charge in [-0.2, -0.15) is 0 Å². The maximum absolute atomic E-state index is 12.3. The molecule has 18 heavy (non-hydrogen) atoms. The van der Waals surface area contributed by atoms with Crippen molar-refractivity contribution in [3.05, 3.63) is 28.8 Å². The fraction of sp³-hybridized carbons (Fsp3) is 0.538. The lowest BCUT2D eigenvalue weighted by molar-refractivity contribution is 0.383. The molecule has 0 amide bonds. The smallest absolute Gasteiger partial charge is 0.241 e. The molecule has 1 aromatic carbocycles. The molecule has 0 saturated heterocycles. The molecule has 1 aliphatic carbocycles. The van der Waals surface area contributed by atoms with Gasteiger partial charge >= 0.3 is 0 Å². The molecule has 1 saturated carbocycles. The first-order chi connectivity index (χ1) is 8.44. The van der Waals surface area contributed by atoms with Crippen LogP contribution in [0.25, 0.3) is 0 Å². The topological polar surface area (TPSA) is 72.2 Å². The lowest BCUT2D eigenvalue weighted by Gasteiger charge is -2.26. The zero-order valence-electron chi connectivity index (χ0n) is 10.9. The Morgan fingerprint density at radius 1 is 1.33 bits per heavy atom. The van der Waals surface area contributed by atoms with E-state index in [-0.39, 0.29) is 6.04 Å². The summed E-state index contributed by atoms with van der Waals surface area (Å²) in [6.45, 7) is 4.11. The number of nitrogens with one attached hydrogen (secondary N) is 1. The van der Waals surface area contributed by atoms with Crippen molar-refractivity contribution in [3.63, 3.8) is 0 Å². The molecule has 0 unspecified atom stereocenters. The van der Waals surface area contributed by atoms with E-state index in [1.165, 1.54) is 0 Å². The van der Waals surface area contributed by atoms with E-state index in [1.54, 1.807) is 6.07 Å². The van der Waals surface area contributed by atoms with Gasteiger partial charge in [0.25, 0.3) is 0 Å². The van der Waals surface area contributed by atoms with Crippen molar-refractivity contribution in [2.75, 3.05) is 0 Å². The Bertz CT molecular complexity index is 548. The van der Waals surface area contributed by atoms with Gasteiger partial charge in [-0.25, -0.2) is 13.1 Å². The van der Waals surface area contributed by atoms with E-state index in [0.29, 0.717) is 11.4 Å². The fourth-order valence-corrected chi connectivity index (χ4v) is 3.78. The van der Waals surface area contributed by atoms with Crippen LogP contribution in [-0.4, -0.2) is 14.5 Å². The van der Waals surface area contributed by atoms with Gasteiger partial charge in [0.1, 0.15) is 0 Å². The third kappa shape index (κ3) is 2.58. The monoisotopic (exact) mass is 268 g/mol. The first-order valence-corrected chi connectivity index (χ1v) is 7.75. The minimum Gasteiger partial charge on any atom is -0.326 e. The first-order valence-electron chi connectivity index (χ1n) is 6.26. The molecule has 1 fully saturated rings. The fourth-order valence-electron chi connectivity index (χ4n) is 2.10. The molecule has 0 bridgehead atoms. The van der Waals surface area contributed by atoms with Crippen LogP contribution in [0.15, 0.2) is 17.0 Å². The molecule has 0 spiro atoms. The standard InChI is InChI=1S/C13H20N2O2S/c1-9-6-11(8-14)7-13(10(9)2)18(16,17)15-12-4-3-5-12/h6-7,12,15H,3-5,8,14H2,1-2H3. The van der Waals surface area contributed by atoms with Gasteiger partial charge in [0.05, 0.1) is 4.90 Å². The van der Waals surface area contributed by atoms with E-state index < -0.39 is 10.0 Å². The van der Waals surface area contributed by atoms with Crippen molar-refractivity contribution in [1.82, 2.24) is 4.72 Å². The number of aryl methyl sites for hydroxylation is 1. The first kappa shape index (κ1) is 13.5. The molecule has 3 N–H and O–H groups in total. The summed E-state index contributed by atoms with van der Waals surface area (Å²) in [5, 5.41) is 0. The Kier molecular flexibility index (Phi) is 3.75. The van der Waals surface area contributed by atoms with Crippen LogP contribution in [-0.2, 0) is 16.6 Å². The second kappa shape index (κ2) is 4.99. The number of hydrogen-bond acceptors (Lipinski definition) is 3. The molecule has 2 rings (SSSR count). The zero-order valence-corrected chi connectivity index (χ0v) is 11.7. The highest BCUT2D eigenvalue weighted by atomic mass is 32.2. The van der Waals surface area contributed by atoms with E-state index in [9.17, 15) is 8.42 Å². The van der Waals surface area contributed by atoms with Crippen LogP contribution in [0, 0.1) is 13.8 Å². The Morgan fingerprint density at radius 2 is 2.00 bits per heavy atom. The van der Waals surface area contributed by atoms with Crippen molar-refractivity contribution in [1.29, 1.82) is 0 Å². The van der Waals surface area contributed by atoms with Crippen LogP contribution in [0.2, 0.25) is 0 Å². The lowest BCUT2D eigenvalue weighted by Crippen LogP contribution is -2.39. The summed E-state index contributed by atoms with van der Waals surface area (Å²) in [5.74, 6) is 0. The number of benzene rings is 1. The van der Waals surface area contributed by atoms with Crippen LogP contribution >= 0.6 is 0 Å². The number of hydrogen-bond donors (Lipinski definition) is 2. The quantitative estimate of drug-likeness (QED) is 0.871. The Balaban J connectivity index is 2.39. The summed E-state index contributed by atoms with van der Waals surface area (Å²) in [6.07, 6.45) is 2.98. The summed E-state index contributed by atoms with van der Waals surface area (Å²) in [5.41, 5.74) is 8.23. The molecule has 1 aliphatic rings. The van der Waals surface area contributed by atoms with Crippen LogP contribution in [0.1, 0.15) is 36.0 Å². The average molecular weight is 268 g/mol. The minimum absolute atomic E-state index is 0.108. The van der Waals surface area contributed by atoms with E-state index >= 15 is 0 Å². The van der Waals surface area contributed by atoms with Crippen molar-refractivity contribution >= 4 is 10.0 Å². The molecule has 100 valence electrons. The predicted octanol–water partition coefficient (Wildman–Crippen LogP) is 1.59. The van der Waals surface area contributed by atoms with Crippen LogP contribution in [0.5, 0.6) is 0 Å². The largest absolute Gasteiger partial charge is 0.326 e. The molecule has 0 radical (unpaired) electrons. The van der Waals surface area contributed by atoms with Gasteiger partial charge in [-0.15, -0.1) is 0 Å². The Morgan fingerprint density at radius 3 is 2.50 bits per heavy atom. The van der Waals surface area contributed by atoms with E-state index in [2.05, 4.69) is 4.72 Å². The Labute approximate surface area is 109 Å². The van der Waals surface area contributed by atoms with Gasteiger partial charge in [-0.05, 0) is 49.4 Å². The van der Waals surface area contributed by atoms with Gasteiger partial charge in [0.15, 0.2) is 0 Å². The molecule has 4 nitrogen and oxygen atoms in total. The highest BCUT2D eigenvalue weighted by Crippen LogP contribution is 2.24. The second-order valence-electron chi connectivity index (χ2n) is 4.99. The van der Waals surface area contributed by atoms with Crippen LogP contribution in [0.4, 0.5) is 0 Å². The molecule has 0 heterocycles. The molecule has 5 heteroatoms. The highest BCUT2D eigenvalue weighted by molar-refractivity contribution is 7.89. The average Bonchev–Trinajstić information content (AvgIpc) is 2.27. The maximum atomic E-state index is 12.3. The summed E-state index contributed by atoms with van der Waals surface area (Å²) >= 11 is 0. The summed E-state index contributed by atoms with van der Waals surface area (Å²) in [7, 11) is -3.41. The SMILES string of the molecule is Cc1cc(CN)cc(S(=O)(=O)NC2CCC2)c1C. The van der Waals surface area contributed by atoms with Crippen molar-refractivity contribution in [2.24, 2.45) is 5.73 Å². The molecule has 0 aliphatic heterocycles. The Hall–Kier alpha value is -0.910. The summed E-state index contributed by atoms with van der Waals surface area (Å²) in [4.78, 5) is 0.370. The van der Waals surface area contributed by atoms with E-state index in [0.717, 1.165) is 36.0 Å². The number of nitrogens with two attached hydrogens (primary N) is 1. The third-order valence-corrected chi connectivity index (χ3v) is 5.28. The van der Waals surface area contributed by atoms with Gasteiger partial charge in [-0.3, -0.25) is 0 Å². The predicted molar refractivity (Wildman–Crippen MR) is 71.8 cm³/mol. The van der Waals surface area contributed by atoms with Gasteiger partial charge in [0.2, 0.25) is 10.0 Å². The summed E-state index contributed by atoms with van der Waals surface area (Å²) < 4.78 is 27.4. The number of rotatable bonds is 4. The van der Waals surface area contributed by atoms with Crippen LogP contribution < -0.4 is 10.5 Å². The van der Waals surface area contributed by atoms with Gasteiger partial charge in [0, 0.05) is 12.6 Å². The van der Waals surface area contributed by atoms with Crippen molar-refractivity contribution in [2.45, 2.75) is 50.6 Å². The van der Waals surface area contributed by atoms with Crippen molar-refractivity contribution < 1.29 is 8.42 Å². The third-order valence-electron chi connectivity index (χ3n) is 3.63. The molecular weight excluding hydrogens is 248 g/mol. The molecule has 0 atom stereocenters. The zero-order chi connectivity index (χ0) is 13.3. The second-order valence-corrected chi connectivity index (χ2v) is 6.67. The van der Waals surface area contributed by atoms with E-state index in [4.69, 9.17) is 5.73 Å². The van der Waals surface area contributed by atoms with Gasteiger partial charge < -0.3 is 5.73 Å². The molecular formula is C13H20N2O2S. The summed E-state index contributed by atoms with van der Waals surface area (Å²) in [6, 6.07) is 3.73. The normalized spacial score (nSPS) is 16.6. The van der Waals surface area contributed by atoms with Crippen LogP contribution in [0.3, 0.4) is 0 Å². The molecule has 0 aromatic heterocycles. The van der Waals surface area contributed by atoms with Crippen molar-refractivity contribution in [3.8, 4) is 0 Å².